The van der Waals surface area contributed by atoms with E-state index in [0.717, 1.165) is 0 Å². The summed E-state index contributed by atoms with van der Waals surface area (Å²) in [6.45, 7) is 0. The van der Waals surface area contributed by atoms with Gasteiger partial charge < -0.3 is 4.74 Å². The van der Waals surface area contributed by atoms with Crippen LogP contribution in [0.3, 0.4) is 0 Å². The number of benzene rings is 2. The summed E-state index contributed by atoms with van der Waals surface area (Å²) in [5.74, 6) is -0.0857. The van der Waals surface area contributed by atoms with Crippen LogP contribution in [0.1, 0.15) is 5.56 Å². The SMILES string of the molecule is FC(F)(F)Oc1ccccc1-c1ccc(Cl)c(CCl)c1. The minimum atomic E-state index is -4.74. The summed E-state index contributed by atoms with van der Waals surface area (Å²) in [6, 6.07) is 10.8. The Morgan fingerprint density at radius 2 is 1.75 bits per heavy atom. The average molecular weight is 321 g/mol. The first-order chi connectivity index (χ1) is 9.40. The Kier molecular flexibility index (Phi) is 4.45. The first-order valence-corrected chi connectivity index (χ1v) is 6.51. The molecule has 0 bridgehead atoms. The molecule has 6 heteroatoms. The van der Waals surface area contributed by atoms with Crippen molar-refractivity contribution in [2.24, 2.45) is 0 Å². The van der Waals surface area contributed by atoms with E-state index in [-0.39, 0.29) is 11.6 Å². The molecular weight excluding hydrogens is 312 g/mol. The minimum absolute atomic E-state index is 0.176. The monoisotopic (exact) mass is 320 g/mol. The van der Waals surface area contributed by atoms with Gasteiger partial charge in [-0.05, 0) is 29.3 Å². The normalized spacial score (nSPS) is 11.4. The van der Waals surface area contributed by atoms with Gasteiger partial charge in [-0.1, -0.05) is 35.9 Å². The number of para-hydroxylation sites is 1. The molecule has 0 radical (unpaired) electrons. The molecule has 0 spiro atoms. The molecule has 0 aliphatic rings. The second kappa shape index (κ2) is 5.94. The van der Waals surface area contributed by atoms with E-state index in [1.165, 1.54) is 12.1 Å². The van der Waals surface area contributed by atoms with Crippen LogP contribution in [-0.2, 0) is 5.88 Å². The second-order valence-corrected chi connectivity index (χ2v) is 4.66. The molecule has 2 rings (SSSR count). The molecule has 0 saturated carbocycles. The second-order valence-electron chi connectivity index (χ2n) is 3.98. The van der Waals surface area contributed by atoms with E-state index < -0.39 is 6.36 Å². The molecule has 0 N–H and O–H groups in total. The molecule has 0 atom stereocenters. The molecule has 0 unspecified atom stereocenters. The number of hydrogen-bond donors (Lipinski definition) is 0. The molecular formula is C14H9Cl2F3O. The lowest BCUT2D eigenvalue weighted by Crippen LogP contribution is -2.17. The van der Waals surface area contributed by atoms with Crippen molar-refractivity contribution in [2.75, 3.05) is 0 Å². The Hall–Kier alpha value is -1.39. The summed E-state index contributed by atoms with van der Waals surface area (Å²) < 4.78 is 41.2. The third kappa shape index (κ3) is 3.58. The number of ether oxygens (including phenoxy) is 1. The lowest BCUT2D eigenvalue weighted by Gasteiger charge is -2.14. The van der Waals surface area contributed by atoms with E-state index >= 15 is 0 Å². The Labute approximate surface area is 123 Å². The Morgan fingerprint density at radius 3 is 2.40 bits per heavy atom. The molecule has 0 aliphatic heterocycles. The van der Waals surface area contributed by atoms with Gasteiger partial charge in [-0.2, -0.15) is 0 Å². The van der Waals surface area contributed by atoms with Crippen molar-refractivity contribution >= 4 is 23.2 Å². The molecule has 106 valence electrons. The van der Waals surface area contributed by atoms with Crippen molar-refractivity contribution in [3.63, 3.8) is 0 Å². The standard InChI is InChI=1S/C14H9Cl2F3O/c15-8-10-7-9(5-6-12(10)16)11-3-1-2-4-13(11)20-14(17,18)19/h1-7H,8H2. The number of hydrogen-bond acceptors (Lipinski definition) is 1. The van der Waals surface area contributed by atoms with Gasteiger partial charge in [0.05, 0.1) is 0 Å². The molecule has 0 aromatic heterocycles. The van der Waals surface area contributed by atoms with Gasteiger partial charge >= 0.3 is 6.36 Å². The molecule has 2 aromatic carbocycles. The molecule has 0 heterocycles. The topological polar surface area (TPSA) is 9.23 Å². The molecule has 0 amide bonds. The Bertz CT molecular complexity index is 612. The van der Waals surface area contributed by atoms with Crippen LogP contribution in [0.15, 0.2) is 42.5 Å². The van der Waals surface area contributed by atoms with Crippen LogP contribution in [0.4, 0.5) is 13.2 Å². The molecule has 20 heavy (non-hydrogen) atoms. The third-order valence-electron chi connectivity index (χ3n) is 2.61. The van der Waals surface area contributed by atoms with Crippen molar-refractivity contribution in [3.8, 4) is 16.9 Å². The predicted molar refractivity (Wildman–Crippen MR) is 73.1 cm³/mol. The summed E-state index contributed by atoms with van der Waals surface area (Å²) in [4.78, 5) is 0. The zero-order valence-corrected chi connectivity index (χ0v) is 11.6. The zero-order chi connectivity index (χ0) is 14.8. The van der Waals surface area contributed by atoms with Crippen molar-refractivity contribution in [1.29, 1.82) is 0 Å². The fraction of sp³-hybridized carbons (Fsp3) is 0.143. The van der Waals surface area contributed by atoms with Gasteiger partial charge in [0.25, 0.3) is 0 Å². The lowest BCUT2D eigenvalue weighted by molar-refractivity contribution is -0.274. The van der Waals surface area contributed by atoms with Crippen LogP contribution in [-0.4, -0.2) is 6.36 Å². The minimum Gasteiger partial charge on any atom is -0.405 e. The largest absolute Gasteiger partial charge is 0.573 e. The lowest BCUT2D eigenvalue weighted by atomic mass is 10.0. The van der Waals surface area contributed by atoms with Crippen molar-refractivity contribution in [2.45, 2.75) is 12.2 Å². The summed E-state index contributed by atoms with van der Waals surface area (Å²) in [5, 5.41) is 0.470. The first kappa shape index (κ1) is 15.0. The summed E-state index contributed by atoms with van der Waals surface area (Å²) in [7, 11) is 0. The fourth-order valence-electron chi connectivity index (χ4n) is 1.76. The molecule has 0 fully saturated rings. The first-order valence-electron chi connectivity index (χ1n) is 5.60. The quantitative estimate of drug-likeness (QED) is 0.664. The average Bonchev–Trinajstić information content (AvgIpc) is 2.38. The highest BCUT2D eigenvalue weighted by molar-refractivity contribution is 6.32. The van der Waals surface area contributed by atoms with E-state index in [1.54, 1.807) is 30.3 Å². The number of halogens is 5. The van der Waals surface area contributed by atoms with Crippen LogP contribution in [0.2, 0.25) is 5.02 Å². The predicted octanol–water partition coefficient (Wildman–Crippen LogP) is 5.64. The van der Waals surface area contributed by atoms with E-state index in [1.807, 2.05) is 0 Å². The summed E-state index contributed by atoms with van der Waals surface area (Å²) in [6.07, 6.45) is -4.74. The summed E-state index contributed by atoms with van der Waals surface area (Å²) in [5.41, 5.74) is 1.53. The molecule has 2 aromatic rings. The van der Waals surface area contributed by atoms with Crippen LogP contribution in [0.5, 0.6) is 5.75 Å². The highest BCUT2D eigenvalue weighted by atomic mass is 35.5. The smallest absolute Gasteiger partial charge is 0.405 e. The van der Waals surface area contributed by atoms with Gasteiger partial charge in [0.1, 0.15) is 5.75 Å². The number of rotatable bonds is 3. The third-order valence-corrected chi connectivity index (χ3v) is 3.27. The van der Waals surface area contributed by atoms with E-state index in [4.69, 9.17) is 23.2 Å². The summed E-state index contributed by atoms with van der Waals surface area (Å²) >= 11 is 11.7. The van der Waals surface area contributed by atoms with Gasteiger partial charge in [0.2, 0.25) is 0 Å². The van der Waals surface area contributed by atoms with Gasteiger partial charge in [-0.25, -0.2) is 0 Å². The molecule has 1 nitrogen and oxygen atoms in total. The van der Waals surface area contributed by atoms with Crippen molar-refractivity contribution in [3.05, 3.63) is 53.1 Å². The maximum atomic E-state index is 12.4. The van der Waals surface area contributed by atoms with Gasteiger partial charge in [0, 0.05) is 16.5 Å². The zero-order valence-electron chi connectivity index (χ0n) is 10.0. The van der Waals surface area contributed by atoms with Gasteiger partial charge in [-0.3, -0.25) is 0 Å². The maximum Gasteiger partial charge on any atom is 0.573 e. The van der Waals surface area contributed by atoms with Crippen LogP contribution in [0, 0.1) is 0 Å². The Morgan fingerprint density at radius 1 is 1.05 bits per heavy atom. The van der Waals surface area contributed by atoms with Gasteiger partial charge in [0.15, 0.2) is 0 Å². The maximum absolute atomic E-state index is 12.4. The molecule has 0 saturated heterocycles. The fourth-order valence-corrected chi connectivity index (χ4v) is 2.24. The van der Waals surface area contributed by atoms with E-state index in [9.17, 15) is 13.2 Å². The van der Waals surface area contributed by atoms with E-state index in [2.05, 4.69) is 4.74 Å². The Balaban J connectivity index is 2.47. The van der Waals surface area contributed by atoms with Crippen LogP contribution >= 0.6 is 23.2 Å². The van der Waals surface area contributed by atoms with Crippen LogP contribution < -0.4 is 4.74 Å². The molecule has 0 aliphatic carbocycles. The number of alkyl halides is 4. The van der Waals surface area contributed by atoms with E-state index in [0.29, 0.717) is 21.7 Å². The highest BCUT2D eigenvalue weighted by Crippen LogP contribution is 2.35. The van der Waals surface area contributed by atoms with Crippen LogP contribution in [0.25, 0.3) is 11.1 Å². The van der Waals surface area contributed by atoms with Crippen molar-refractivity contribution < 1.29 is 17.9 Å². The van der Waals surface area contributed by atoms with Gasteiger partial charge in [-0.15, -0.1) is 24.8 Å². The highest BCUT2D eigenvalue weighted by Gasteiger charge is 2.32. The van der Waals surface area contributed by atoms with Crippen molar-refractivity contribution in [1.82, 2.24) is 0 Å².